The van der Waals surface area contributed by atoms with Crippen LogP contribution >= 0.6 is 35.0 Å². The van der Waals surface area contributed by atoms with E-state index in [9.17, 15) is 5.11 Å². The zero-order valence-electron chi connectivity index (χ0n) is 11.7. The summed E-state index contributed by atoms with van der Waals surface area (Å²) >= 11 is 13.2. The summed E-state index contributed by atoms with van der Waals surface area (Å²) in [6.07, 6.45) is 3.35. The van der Waals surface area contributed by atoms with Crippen molar-refractivity contribution in [1.82, 2.24) is 5.43 Å². The summed E-state index contributed by atoms with van der Waals surface area (Å²) in [6.45, 7) is 5.99. The fourth-order valence-electron chi connectivity index (χ4n) is 1.26. The molecule has 0 unspecified atom stereocenters. The number of nitrogens with zero attached hydrogens (tertiary/aromatic N) is 2. The third kappa shape index (κ3) is 5.61. The van der Waals surface area contributed by atoms with Crippen LogP contribution in [0.15, 0.2) is 22.2 Å². The van der Waals surface area contributed by atoms with Crippen molar-refractivity contribution in [3.05, 3.63) is 27.7 Å². The minimum Gasteiger partial charge on any atom is -0.506 e. The molecular weight excluding hydrogens is 317 g/mol. The number of hydrogen-bond donors (Lipinski definition) is 2. The predicted molar refractivity (Wildman–Crippen MR) is 89.6 cm³/mol. The number of thioether (sulfide) groups is 1. The fourth-order valence-corrected chi connectivity index (χ4v) is 2.28. The number of hydrazone groups is 1. The lowest BCUT2D eigenvalue weighted by Crippen LogP contribution is -2.20. The van der Waals surface area contributed by atoms with Crippen molar-refractivity contribution in [1.29, 1.82) is 0 Å². The fraction of sp³-hybridized carbons (Fsp3) is 0.385. The van der Waals surface area contributed by atoms with Gasteiger partial charge in [-0.25, -0.2) is 0 Å². The third-order valence-corrected chi connectivity index (χ3v) is 3.13. The van der Waals surface area contributed by atoms with E-state index in [4.69, 9.17) is 23.2 Å². The molecule has 4 nitrogen and oxygen atoms in total. The van der Waals surface area contributed by atoms with E-state index >= 15 is 0 Å². The molecule has 0 amide bonds. The monoisotopic (exact) mass is 333 g/mol. The van der Waals surface area contributed by atoms with Crippen LogP contribution in [0.25, 0.3) is 0 Å². The molecule has 1 rings (SSSR count). The van der Waals surface area contributed by atoms with E-state index in [0.717, 1.165) is 0 Å². The molecular formula is C13H17Cl2N3OS. The van der Waals surface area contributed by atoms with Gasteiger partial charge in [0, 0.05) is 10.6 Å². The van der Waals surface area contributed by atoms with E-state index in [1.165, 1.54) is 24.0 Å². The summed E-state index contributed by atoms with van der Waals surface area (Å²) in [6, 6.07) is 3.05. The number of rotatable bonds is 2. The molecule has 0 aliphatic carbocycles. The van der Waals surface area contributed by atoms with Gasteiger partial charge in [0.15, 0.2) is 5.17 Å². The van der Waals surface area contributed by atoms with Crippen molar-refractivity contribution in [3.8, 4) is 5.75 Å². The van der Waals surface area contributed by atoms with Crippen LogP contribution in [0.2, 0.25) is 10.0 Å². The molecule has 0 bridgehead atoms. The van der Waals surface area contributed by atoms with Crippen LogP contribution in [-0.4, -0.2) is 28.3 Å². The molecule has 0 aromatic heterocycles. The maximum atomic E-state index is 9.79. The smallest absolute Gasteiger partial charge is 0.177 e. The highest BCUT2D eigenvalue weighted by molar-refractivity contribution is 8.13. The van der Waals surface area contributed by atoms with Crippen LogP contribution in [0.4, 0.5) is 0 Å². The molecule has 0 aliphatic heterocycles. The maximum Gasteiger partial charge on any atom is 0.177 e. The number of phenols is 1. The Morgan fingerprint density at radius 3 is 2.55 bits per heavy atom. The summed E-state index contributed by atoms with van der Waals surface area (Å²) in [5, 5.41) is 15.1. The molecule has 0 radical (unpaired) electrons. The Hall–Kier alpha value is -0.910. The Labute approximate surface area is 133 Å². The van der Waals surface area contributed by atoms with Gasteiger partial charge >= 0.3 is 0 Å². The first-order valence-electron chi connectivity index (χ1n) is 5.84. The minimum atomic E-state index is -0.192. The van der Waals surface area contributed by atoms with Crippen LogP contribution in [0.5, 0.6) is 5.75 Å². The molecule has 0 spiro atoms. The number of benzene rings is 1. The molecule has 0 fully saturated rings. The van der Waals surface area contributed by atoms with Crippen LogP contribution in [-0.2, 0) is 0 Å². The predicted octanol–water partition coefficient (Wildman–Crippen LogP) is 4.14. The number of phenolic OH excluding ortho intramolecular Hbond substituents is 1. The van der Waals surface area contributed by atoms with Gasteiger partial charge in [-0.2, -0.15) is 5.10 Å². The van der Waals surface area contributed by atoms with Crippen LogP contribution in [0.1, 0.15) is 26.3 Å². The van der Waals surface area contributed by atoms with Crippen LogP contribution < -0.4 is 5.43 Å². The highest BCUT2D eigenvalue weighted by atomic mass is 35.5. The second kappa shape index (κ2) is 7.20. The molecule has 1 aromatic rings. The van der Waals surface area contributed by atoms with E-state index in [2.05, 4.69) is 15.5 Å². The number of amidine groups is 1. The summed E-state index contributed by atoms with van der Waals surface area (Å²) in [5.74, 6) is -0.0555. The Kier molecular flexibility index (Phi) is 6.17. The second-order valence-corrected chi connectivity index (χ2v) is 6.63. The van der Waals surface area contributed by atoms with Crippen LogP contribution in [0.3, 0.4) is 0 Å². The molecule has 7 heteroatoms. The van der Waals surface area contributed by atoms with Gasteiger partial charge in [0.1, 0.15) is 5.75 Å². The Morgan fingerprint density at radius 2 is 2.00 bits per heavy atom. The number of halogens is 2. The molecule has 1 aromatic carbocycles. The lowest BCUT2D eigenvalue weighted by Gasteiger charge is -2.14. The molecule has 110 valence electrons. The zero-order valence-corrected chi connectivity index (χ0v) is 14.1. The summed E-state index contributed by atoms with van der Waals surface area (Å²) in [4.78, 5) is 4.46. The van der Waals surface area contributed by atoms with E-state index in [1.54, 1.807) is 6.07 Å². The normalized spacial score (nSPS) is 13.0. The van der Waals surface area contributed by atoms with Gasteiger partial charge in [-0.15, -0.1) is 0 Å². The van der Waals surface area contributed by atoms with E-state index < -0.39 is 0 Å². The van der Waals surface area contributed by atoms with Gasteiger partial charge in [-0.1, -0.05) is 35.0 Å². The highest BCUT2D eigenvalue weighted by Crippen LogP contribution is 2.29. The van der Waals surface area contributed by atoms with Crippen molar-refractivity contribution in [2.24, 2.45) is 10.1 Å². The molecule has 0 saturated carbocycles. The van der Waals surface area contributed by atoms with E-state index in [1.807, 2.05) is 27.0 Å². The quantitative estimate of drug-likeness (QED) is 0.485. The van der Waals surface area contributed by atoms with E-state index in [-0.39, 0.29) is 16.3 Å². The summed E-state index contributed by atoms with van der Waals surface area (Å²) in [7, 11) is 0. The molecule has 0 saturated heterocycles. The number of aromatic hydroxyl groups is 1. The van der Waals surface area contributed by atoms with Gasteiger partial charge in [-0.05, 0) is 39.2 Å². The van der Waals surface area contributed by atoms with Crippen molar-refractivity contribution in [3.63, 3.8) is 0 Å². The first-order valence-corrected chi connectivity index (χ1v) is 7.82. The number of nitrogens with one attached hydrogen (secondary N) is 1. The standard InChI is InChI=1S/C13H17Cl2N3OS/c1-13(2,3)17-12(20-4)18-16-7-8-5-9(14)6-10(15)11(8)19/h5-7,19H,1-4H3,(H,17,18)/b16-7+. The lowest BCUT2D eigenvalue weighted by atomic mass is 10.1. The average molecular weight is 334 g/mol. The van der Waals surface area contributed by atoms with Gasteiger partial charge in [0.25, 0.3) is 0 Å². The van der Waals surface area contributed by atoms with Crippen molar-refractivity contribution in [2.75, 3.05) is 6.26 Å². The van der Waals surface area contributed by atoms with Gasteiger partial charge < -0.3 is 5.11 Å². The van der Waals surface area contributed by atoms with Crippen molar-refractivity contribution in [2.45, 2.75) is 26.3 Å². The van der Waals surface area contributed by atoms with Crippen molar-refractivity contribution >= 4 is 46.3 Å². The largest absolute Gasteiger partial charge is 0.506 e. The molecule has 20 heavy (non-hydrogen) atoms. The Morgan fingerprint density at radius 1 is 1.35 bits per heavy atom. The highest BCUT2D eigenvalue weighted by Gasteiger charge is 2.09. The number of aliphatic imine (C=N–C) groups is 1. The topological polar surface area (TPSA) is 57.0 Å². The van der Waals surface area contributed by atoms with Crippen LogP contribution in [0, 0.1) is 0 Å². The third-order valence-electron chi connectivity index (χ3n) is 2.05. The van der Waals surface area contributed by atoms with Gasteiger partial charge in [0.05, 0.1) is 16.8 Å². The molecule has 0 heterocycles. The number of hydrogen-bond acceptors (Lipinski definition) is 4. The average Bonchev–Trinajstić information content (AvgIpc) is 2.32. The Balaban J connectivity index is 2.86. The van der Waals surface area contributed by atoms with Gasteiger partial charge in [0.2, 0.25) is 0 Å². The SMILES string of the molecule is CSC(=NC(C)(C)C)N/N=C/c1cc(Cl)cc(Cl)c1O. The second-order valence-electron chi connectivity index (χ2n) is 4.99. The Bertz CT molecular complexity index is 539. The summed E-state index contributed by atoms with van der Waals surface area (Å²) in [5.41, 5.74) is 3.07. The maximum absolute atomic E-state index is 9.79. The first-order chi connectivity index (χ1) is 9.23. The zero-order chi connectivity index (χ0) is 15.3. The summed E-state index contributed by atoms with van der Waals surface area (Å²) < 4.78 is 0. The minimum absolute atomic E-state index is 0.0555. The molecule has 0 atom stereocenters. The first kappa shape index (κ1) is 17.1. The van der Waals surface area contributed by atoms with Crippen molar-refractivity contribution < 1.29 is 5.11 Å². The molecule has 2 N–H and O–H groups in total. The van der Waals surface area contributed by atoms with Gasteiger partial charge in [-0.3, -0.25) is 10.4 Å². The lowest BCUT2D eigenvalue weighted by molar-refractivity contribution is 0.474. The van der Waals surface area contributed by atoms with E-state index in [0.29, 0.717) is 15.8 Å². The molecule has 0 aliphatic rings.